The predicted octanol–water partition coefficient (Wildman–Crippen LogP) is 2.17. The highest BCUT2D eigenvalue weighted by atomic mass is 16.5. The van der Waals surface area contributed by atoms with Crippen molar-refractivity contribution in [1.29, 1.82) is 0 Å². The Morgan fingerprint density at radius 3 is 2.76 bits per heavy atom. The van der Waals surface area contributed by atoms with Crippen molar-refractivity contribution in [2.45, 2.75) is 31.2 Å². The van der Waals surface area contributed by atoms with Crippen molar-refractivity contribution in [3.8, 4) is 5.75 Å². The minimum absolute atomic E-state index is 0.0171. The number of methoxy groups -OCH3 is 1. The lowest BCUT2D eigenvalue weighted by Crippen LogP contribution is -2.54. The van der Waals surface area contributed by atoms with Gasteiger partial charge in [-0.1, -0.05) is 18.2 Å². The third-order valence-corrected chi connectivity index (χ3v) is 5.33. The molecule has 0 aromatic heterocycles. The SMILES string of the molecule is COc1ccccc1C1(CNC(=O)N2CCOCC2C)CCOCC1. The van der Waals surface area contributed by atoms with Crippen LogP contribution in [0.3, 0.4) is 0 Å². The monoisotopic (exact) mass is 348 g/mol. The summed E-state index contributed by atoms with van der Waals surface area (Å²) in [5.41, 5.74) is 0.992. The molecule has 6 heteroatoms. The molecule has 1 aromatic carbocycles. The second kappa shape index (κ2) is 8.06. The van der Waals surface area contributed by atoms with Crippen LogP contribution in [0.1, 0.15) is 25.3 Å². The average molecular weight is 348 g/mol. The average Bonchev–Trinajstić information content (AvgIpc) is 2.67. The van der Waals surface area contributed by atoms with Gasteiger partial charge < -0.3 is 24.4 Å². The first-order valence-corrected chi connectivity index (χ1v) is 9.00. The van der Waals surface area contributed by atoms with Crippen molar-refractivity contribution in [2.24, 2.45) is 0 Å². The summed E-state index contributed by atoms with van der Waals surface area (Å²) in [6.45, 7) is 5.83. The molecular formula is C19H28N2O4. The fourth-order valence-corrected chi connectivity index (χ4v) is 3.76. The van der Waals surface area contributed by atoms with Crippen LogP contribution in [0.15, 0.2) is 24.3 Å². The van der Waals surface area contributed by atoms with Gasteiger partial charge in [0.2, 0.25) is 0 Å². The van der Waals surface area contributed by atoms with E-state index in [-0.39, 0.29) is 17.5 Å². The van der Waals surface area contributed by atoms with Gasteiger partial charge in [-0.2, -0.15) is 0 Å². The maximum Gasteiger partial charge on any atom is 0.317 e. The number of morpholine rings is 1. The van der Waals surface area contributed by atoms with Crippen LogP contribution < -0.4 is 10.1 Å². The molecule has 3 rings (SSSR count). The fourth-order valence-electron chi connectivity index (χ4n) is 3.76. The van der Waals surface area contributed by atoms with Gasteiger partial charge in [0.1, 0.15) is 5.75 Å². The highest BCUT2D eigenvalue weighted by Crippen LogP contribution is 2.39. The van der Waals surface area contributed by atoms with E-state index in [2.05, 4.69) is 11.4 Å². The van der Waals surface area contributed by atoms with Gasteiger partial charge in [0.05, 0.1) is 26.4 Å². The third-order valence-electron chi connectivity index (χ3n) is 5.33. The summed E-state index contributed by atoms with van der Waals surface area (Å²) in [5.74, 6) is 0.874. The van der Waals surface area contributed by atoms with Gasteiger partial charge in [-0.25, -0.2) is 4.79 Å². The number of carbonyl (C=O) groups excluding carboxylic acids is 1. The van der Waals surface area contributed by atoms with Crippen LogP contribution in [-0.4, -0.2) is 63.6 Å². The summed E-state index contributed by atoms with van der Waals surface area (Å²) in [6, 6.07) is 8.18. The van der Waals surface area contributed by atoms with E-state index in [0.29, 0.717) is 39.5 Å². The Morgan fingerprint density at radius 1 is 1.28 bits per heavy atom. The van der Waals surface area contributed by atoms with Gasteiger partial charge in [-0.05, 0) is 25.8 Å². The standard InChI is InChI=1S/C19H28N2O4/c1-15-13-25-12-9-21(15)18(22)20-14-19(7-10-24-11-8-19)16-5-3-4-6-17(16)23-2/h3-6,15H,7-14H2,1-2H3,(H,20,22). The summed E-state index contributed by atoms with van der Waals surface area (Å²) in [7, 11) is 1.69. The van der Waals surface area contributed by atoms with E-state index < -0.39 is 0 Å². The molecule has 2 aliphatic rings. The smallest absolute Gasteiger partial charge is 0.317 e. The number of nitrogens with zero attached hydrogens (tertiary/aromatic N) is 1. The maximum absolute atomic E-state index is 12.7. The zero-order valence-electron chi connectivity index (χ0n) is 15.1. The molecule has 2 amide bonds. The van der Waals surface area contributed by atoms with Crippen LogP contribution in [0.4, 0.5) is 4.79 Å². The number of hydrogen-bond acceptors (Lipinski definition) is 4. The van der Waals surface area contributed by atoms with Crippen molar-refractivity contribution < 1.29 is 19.0 Å². The van der Waals surface area contributed by atoms with E-state index in [0.717, 1.165) is 24.2 Å². The Labute approximate surface area is 149 Å². The number of nitrogens with one attached hydrogen (secondary N) is 1. The molecule has 0 radical (unpaired) electrons. The van der Waals surface area contributed by atoms with Crippen LogP contribution in [0.2, 0.25) is 0 Å². The molecule has 1 unspecified atom stereocenters. The topological polar surface area (TPSA) is 60.0 Å². The number of amides is 2. The fraction of sp³-hybridized carbons (Fsp3) is 0.632. The van der Waals surface area contributed by atoms with Gasteiger partial charge in [0.25, 0.3) is 0 Å². The van der Waals surface area contributed by atoms with Gasteiger partial charge in [0, 0.05) is 37.3 Å². The Kier molecular flexibility index (Phi) is 5.81. The largest absolute Gasteiger partial charge is 0.496 e. The number of urea groups is 1. The number of rotatable bonds is 4. The van der Waals surface area contributed by atoms with E-state index in [4.69, 9.17) is 14.2 Å². The van der Waals surface area contributed by atoms with Crippen LogP contribution in [-0.2, 0) is 14.9 Å². The highest BCUT2D eigenvalue weighted by molar-refractivity contribution is 5.74. The first-order chi connectivity index (χ1) is 12.2. The Bertz CT molecular complexity index is 587. The van der Waals surface area contributed by atoms with E-state index in [1.165, 1.54) is 0 Å². The molecule has 1 aromatic rings. The van der Waals surface area contributed by atoms with Crippen LogP contribution in [0.25, 0.3) is 0 Å². The number of ether oxygens (including phenoxy) is 3. The van der Waals surface area contributed by atoms with E-state index >= 15 is 0 Å². The molecule has 0 aliphatic carbocycles. The molecule has 1 atom stereocenters. The summed E-state index contributed by atoms with van der Waals surface area (Å²) < 4.78 is 16.6. The molecule has 0 bridgehead atoms. The molecule has 1 N–H and O–H groups in total. The Balaban J connectivity index is 1.76. The molecule has 2 aliphatic heterocycles. The summed E-state index contributed by atoms with van der Waals surface area (Å²) in [5, 5.41) is 3.16. The first-order valence-electron chi connectivity index (χ1n) is 9.00. The Morgan fingerprint density at radius 2 is 2.04 bits per heavy atom. The lowest BCUT2D eigenvalue weighted by molar-refractivity contribution is 0.0171. The van der Waals surface area contributed by atoms with Crippen molar-refractivity contribution in [3.05, 3.63) is 29.8 Å². The van der Waals surface area contributed by atoms with E-state index in [9.17, 15) is 4.79 Å². The van der Waals surface area contributed by atoms with Crippen LogP contribution in [0, 0.1) is 0 Å². The molecule has 6 nitrogen and oxygen atoms in total. The molecule has 25 heavy (non-hydrogen) atoms. The van der Waals surface area contributed by atoms with Gasteiger partial charge >= 0.3 is 6.03 Å². The third kappa shape index (κ3) is 3.90. The summed E-state index contributed by atoms with van der Waals surface area (Å²) >= 11 is 0. The quantitative estimate of drug-likeness (QED) is 0.906. The Hall–Kier alpha value is -1.79. The maximum atomic E-state index is 12.7. The van der Waals surface area contributed by atoms with Crippen LogP contribution >= 0.6 is 0 Å². The molecule has 2 heterocycles. The molecular weight excluding hydrogens is 320 g/mol. The lowest BCUT2D eigenvalue weighted by atomic mass is 9.73. The number of carbonyl (C=O) groups is 1. The van der Waals surface area contributed by atoms with Gasteiger partial charge in [-0.15, -0.1) is 0 Å². The number of para-hydroxylation sites is 1. The normalized spacial score (nSPS) is 23.1. The summed E-state index contributed by atoms with van der Waals surface area (Å²) in [4.78, 5) is 14.5. The van der Waals surface area contributed by atoms with E-state index in [1.807, 2.05) is 30.0 Å². The van der Waals surface area contributed by atoms with Crippen molar-refractivity contribution >= 4 is 6.03 Å². The molecule has 138 valence electrons. The van der Waals surface area contributed by atoms with Crippen molar-refractivity contribution in [3.63, 3.8) is 0 Å². The second-order valence-electron chi connectivity index (χ2n) is 6.87. The minimum Gasteiger partial charge on any atom is -0.496 e. The minimum atomic E-state index is -0.157. The highest BCUT2D eigenvalue weighted by Gasteiger charge is 2.37. The molecule has 2 saturated heterocycles. The predicted molar refractivity (Wildman–Crippen MR) is 95.1 cm³/mol. The lowest BCUT2D eigenvalue weighted by Gasteiger charge is -2.40. The first kappa shape index (κ1) is 18.0. The zero-order chi connectivity index (χ0) is 17.7. The van der Waals surface area contributed by atoms with Gasteiger partial charge in [-0.3, -0.25) is 0 Å². The number of hydrogen-bond donors (Lipinski definition) is 1. The molecule has 0 spiro atoms. The van der Waals surface area contributed by atoms with Crippen LogP contribution in [0.5, 0.6) is 5.75 Å². The van der Waals surface area contributed by atoms with Crippen molar-refractivity contribution in [1.82, 2.24) is 10.2 Å². The molecule has 2 fully saturated rings. The van der Waals surface area contributed by atoms with Crippen molar-refractivity contribution in [2.75, 3.05) is 46.6 Å². The van der Waals surface area contributed by atoms with Gasteiger partial charge in [0.15, 0.2) is 0 Å². The molecule has 0 saturated carbocycles. The number of benzene rings is 1. The second-order valence-corrected chi connectivity index (χ2v) is 6.87. The summed E-state index contributed by atoms with van der Waals surface area (Å²) in [6.07, 6.45) is 1.73. The van der Waals surface area contributed by atoms with E-state index in [1.54, 1.807) is 7.11 Å². The zero-order valence-corrected chi connectivity index (χ0v) is 15.1.